The van der Waals surface area contributed by atoms with E-state index in [1.165, 1.54) is 20.4 Å². The normalized spacial score (nSPS) is 12.8. The fraction of sp³-hybridized carbons (Fsp3) is 0.400. The van der Waals surface area contributed by atoms with E-state index in [0.717, 1.165) is 5.71 Å². The summed E-state index contributed by atoms with van der Waals surface area (Å²) in [5.74, 6) is -0.273. The Morgan fingerprint density at radius 2 is 2.04 bits per heavy atom. The number of nitrogens with one attached hydrogen (secondary N) is 1. The molecule has 0 atom stereocenters. The summed E-state index contributed by atoms with van der Waals surface area (Å²) in [6.45, 7) is 6.22. The van der Waals surface area contributed by atoms with E-state index in [4.69, 9.17) is 9.68 Å². The summed E-state index contributed by atoms with van der Waals surface area (Å²) >= 11 is 0. The summed E-state index contributed by atoms with van der Waals surface area (Å²) in [6.07, 6.45) is 1.53. The maximum absolute atomic E-state index is 11.9. The molecule has 0 saturated heterocycles. The Morgan fingerprint density at radius 1 is 1.30 bits per heavy atom. The molecule has 0 saturated carbocycles. The zero-order chi connectivity index (χ0) is 17.2. The molecule has 0 radical (unpaired) electrons. The molecule has 8 nitrogen and oxygen atoms in total. The van der Waals surface area contributed by atoms with Gasteiger partial charge in [-0.25, -0.2) is 4.98 Å². The van der Waals surface area contributed by atoms with Crippen LogP contribution in [0.4, 0.5) is 0 Å². The molecule has 1 heterocycles. The van der Waals surface area contributed by atoms with E-state index < -0.39 is 5.91 Å². The van der Waals surface area contributed by atoms with Crippen molar-refractivity contribution in [1.29, 1.82) is 0 Å². The molecular weight excluding hydrogens is 298 g/mol. The van der Waals surface area contributed by atoms with Crippen molar-refractivity contribution < 1.29 is 14.5 Å². The minimum absolute atomic E-state index is 0.0462. The molecule has 0 fully saturated rings. The van der Waals surface area contributed by atoms with Gasteiger partial charge in [0.1, 0.15) is 7.11 Å². The quantitative estimate of drug-likeness (QED) is 0.607. The summed E-state index contributed by atoms with van der Waals surface area (Å²) in [7, 11) is 2.85. The van der Waals surface area contributed by atoms with E-state index in [1.54, 1.807) is 19.1 Å². The molecule has 0 aliphatic heterocycles. The highest BCUT2D eigenvalue weighted by Gasteiger charge is 2.19. The Kier molecular flexibility index (Phi) is 7.38. The summed E-state index contributed by atoms with van der Waals surface area (Å²) in [4.78, 5) is 30.3. The highest BCUT2D eigenvalue weighted by Crippen LogP contribution is 2.16. The monoisotopic (exact) mass is 319 g/mol. The number of nitrogens with zero attached hydrogens (tertiary/aromatic N) is 4. The third-order valence-electron chi connectivity index (χ3n) is 2.84. The Labute approximate surface area is 135 Å². The molecule has 1 aromatic rings. The second-order valence-electron chi connectivity index (χ2n) is 4.39. The van der Waals surface area contributed by atoms with Crippen molar-refractivity contribution in [2.45, 2.75) is 20.8 Å². The van der Waals surface area contributed by atoms with Crippen molar-refractivity contribution in [3.63, 3.8) is 0 Å². The third kappa shape index (κ3) is 5.17. The van der Waals surface area contributed by atoms with Gasteiger partial charge in [-0.15, -0.1) is 0 Å². The van der Waals surface area contributed by atoms with Crippen LogP contribution >= 0.6 is 0 Å². The lowest BCUT2D eigenvalue weighted by Gasteiger charge is -2.08. The van der Waals surface area contributed by atoms with Crippen LogP contribution in [0.5, 0.6) is 5.88 Å². The highest BCUT2D eigenvalue weighted by molar-refractivity contribution is 6.45. The van der Waals surface area contributed by atoms with Gasteiger partial charge in [0.2, 0.25) is 0 Å². The van der Waals surface area contributed by atoms with Crippen molar-refractivity contribution in [1.82, 2.24) is 10.3 Å². The molecule has 0 aromatic carbocycles. The van der Waals surface area contributed by atoms with Crippen LogP contribution in [0.2, 0.25) is 0 Å². The predicted octanol–water partition coefficient (Wildman–Crippen LogP) is 1.41. The van der Waals surface area contributed by atoms with Crippen molar-refractivity contribution in [2.75, 3.05) is 20.7 Å². The first-order valence-electron chi connectivity index (χ1n) is 7.06. The molecule has 1 N–H and O–H groups in total. The predicted molar refractivity (Wildman–Crippen MR) is 89.2 cm³/mol. The molecule has 23 heavy (non-hydrogen) atoms. The Hall–Kier alpha value is -2.77. The Morgan fingerprint density at radius 3 is 2.65 bits per heavy atom. The van der Waals surface area contributed by atoms with Gasteiger partial charge in [-0.3, -0.25) is 9.79 Å². The van der Waals surface area contributed by atoms with Gasteiger partial charge < -0.3 is 15.0 Å². The van der Waals surface area contributed by atoms with Crippen LogP contribution in [0, 0.1) is 0 Å². The van der Waals surface area contributed by atoms with Crippen LogP contribution in [0.25, 0.3) is 0 Å². The molecule has 8 heteroatoms. The minimum atomic E-state index is -0.422. The first-order chi connectivity index (χ1) is 11.0. The van der Waals surface area contributed by atoms with Crippen LogP contribution in [0.3, 0.4) is 0 Å². The highest BCUT2D eigenvalue weighted by atomic mass is 16.6. The maximum atomic E-state index is 11.9. The number of aliphatic imine (C=N–C) groups is 1. The molecule has 0 aliphatic rings. The zero-order valence-electron chi connectivity index (χ0n) is 14.0. The Balaban J connectivity index is 3.15. The topological polar surface area (TPSA) is 97.5 Å². The molecule has 124 valence electrons. The van der Waals surface area contributed by atoms with Gasteiger partial charge in [-0.1, -0.05) is 10.3 Å². The van der Waals surface area contributed by atoms with Crippen LogP contribution in [0.15, 0.2) is 33.6 Å². The van der Waals surface area contributed by atoms with E-state index in [9.17, 15) is 4.79 Å². The smallest absolute Gasteiger partial charge is 0.273 e. The number of likely N-dealkylation sites (N-methyl/N-ethyl adjacent to an activating group) is 1. The molecule has 0 unspecified atom stereocenters. The lowest BCUT2D eigenvalue weighted by atomic mass is 10.1. The summed E-state index contributed by atoms with van der Waals surface area (Å²) in [5.41, 5.74) is 1.80. The van der Waals surface area contributed by atoms with Gasteiger partial charge in [0.25, 0.3) is 11.8 Å². The fourth-order valence-electron chi connectivity index (χ4n) is 1.60. The number of carbonyl (C=O) groups excluding carboxylic acids is 1. The number of carbonyl (C=O) groups is 1. The van der Waals surface area contributed by atoms with Crippen LogP contribution in [0.1, 0.15) is 26.3 Å². The van der Waals surface area contributed by atoms with Gasteiger partial charge in [0, 0.05) is 19.8 Å². The fourth-order valence-corrected chi connectivity index (χ4v) is 1.60. The van der Waals surface area contributed by atoms with Gasteiger partial charge >= 0.3 is 0 Å². The van der Waals surface area contributed by atoms with Crippen LogP contribution < -0.4 is 10.2 Å². The average molecular weight is 319 g/mol. The van der Waals surface area contributed by atoms with E-state index in [-0.39, 0.29) is 11.6 Å². The minimum Gasteiger partial charge on any atom is -0.398 e. The first-order valence-corrected chi connectivity index (χ1v) is 7.06. The lowest BCUT2D eigenvalue weighted by molar-refractivity contribution is -0.114. The van der Waals surface area contributed by atoms with Crippen molar-refractivity contribution >= 4 is 23.0 Å². The number of hydrogen-bond acceptors (Lipinski definition) is 7. The van der Waals surface area contributed by atoms with Crippen LogP contribution in [-0.2, 0) is 9.63 Å². The van der Waals surface area contributed by atoms with Gasteiger partial charge in [0.05, 0.1) is 17.0 Å². The molecular formula is C15H21N5O3. The number of oxime groups is 2. The Bertz CT molecular complexity index is 638. The zero-order valence-corrected chi connectivity index (χ0v) is 14.0. The van der Waals surface area contributed by atoms with Crippen molar-refractivity contribution in [3.05, 3.63) is 23.9 Å². The van der Waals surface area contributed by atoms with Gasteiger partial charge in [-0.2, -0.15) is 0 Å². The standard InChI is InChI=1S/C15H21N5O3/c1-6-17-10(2)11(3)19-23-15-12(8-7-9-18-15)13(20-22-5)14(21)16-4/h7-9H,6H2,1-5H3,(H,16,21)/b17-10?,19-11+,20-13+. The number of rotatable bonds is 7. The molecule has 1 rings (SSSR count). The largest absolute Gasteiger partial charge is 0.398 e. The van der Waals surface area contributed by atoms with Gasteiger partial charge in [0.15, 0.2) is 5.71 Å². The summed E-state index contributed by atoms with van der Waals surface area (Å²) in [6, 6.07) is 3.31. The van der Waals surface area contributed by atoms with E-state index in [1.807, 2.05) is 13.8 Å². The maximum Gasteiger partial charge on any atom is 0.273 e. The van der Waals surface area contributed by atoms with Gasteiger partial charge in [-0.05, 0) is 32.9 Å². The number of aromatic nitrogens is 1. The number of amides is 1. The first kappa shape index (κ1) is 18.3. The molecule has 0 bridgehead atoms. The van der Waals surface area contributed by atoms with E-state index in [2.05, 4.69) is 25.6 Å². The van der Waals surface area contributed by atoms with E-state index in [0.29, 0.717) is 17.8 Å². The second-order valence-corrected chi connectivity index (χ2v) is 4.39. The number of hydrogen-bond donors (Lipinski definition) is 1. The second kappa shape index (κ2) is 9.29. The molecule has 0 aliphatic carbocycles. The van der Waals surface area contributed by atoms with Crippen molar-refractivity contribution in [3.8, 4) is 5.88 Å². The third-order valence-corrected chi connectivity index (χ3v) is 2.84. The summed E-state index contributed by atoms with van der Waals surface area (Å²) < 4.78 is 0. The van der Waals surface area contributed by atoms with Crippen molar-refractivity contribution in [2.24, 2.45) is 15.3 Å². The lowest BCUT2D eigenvalue weighted by Crippen LogP contribution is -2.29. The van der Waals surface area contributed by atoms with E-state index >= 15 is 0 Å². The van der Waals surface area contributed by atoms with Crippen LogP contribution in [-0.4, -0.2) is 48.7 Å². The molecule has 1 aromatic heterocycles. The molecule has 0 spiro atoms. The summed E-state index contributed by atoms with van der Waals surface area (Å²) in [5, 5.41) is 10.2. The number of pyridine rings is 1. The SMILES string of the molecule is CCN=C(C)/C(C)=N/Oc1ncccc1/C(=N\OC)C(=O)NC. The average Bonchev–Trinajstić information content (AvgIpc) is 2.57. The molecule has 1 amide bonds.